The molecule has 0 saturated heterocycles. The van der Waals surface area contributed by atoms with E-state index in [0.29, 0.717) is 6.92 Å². The van der Waals surface area contributed by atoms with Crippen molar-refractivity contribution in [3.8, 4) is 0 Å². The van der Waals surface area contributed by atoms with Crippen molar-refractivity contribution in [2.24, 2.45) is 0 Å². The molecule has 0 fully saturated rings. The zero-order valence-electron chi connectivity index (χ0n) is 8.27. The topological polar surface area (TPSA) is 49.4 Å². The van der Waals surface area contributed by atoms with Crippen molar-refractivity contribution in [2.75, 3.05) is 0 Å². The van der Waals surface area contributed by atoms with Crippen LogP contribution in [0.15, 0.2) is 30.3 Å². The van der Waals surface area contributed by atoms with Gasteiger partial charge in [0.2, 0.25) is 0 Å². The first-order chi connectivity index (χ1) is 7.23. The first-order valence-corrected chi connectivity index (χ1v) is 5.89. The lowest BCUT2D eigenvalue weighted by molar-refractivity contribution is -0.231. The largest absolute Gasteiger partial charge is 0.775 e. The highest BCUT2D eigenvalue weighted by Crippen LogP contribution is 2.40. The molecule has 7 heteroatoms. The second-order valence-electron chi connectivity index (χ2n) is 3.12. The van der Waals surface area contributed by atoms with Gasteiger partial charge in [0.25, 0.3) is 0 Å². The summed E-state index contributed by atoms with van der Waals surface area (Å²) in [5.74, 6) is 0. The molecule has 0 aliphatic rings. The summed E-state index contributed by atoms with van der Waals surface area (Å²) in [6.45, 7) is 0.646. The molecule has 1 rings (SSSR count). The highest BCUT2D eigenvalue weighted by molar-refractivity contribution is 7.59. The summed E-state index contributed by atoms with van der Waals surface area (Å²) in [6.07, 6.45) is -7.05. The zero-order valence-corrected chi connectivity index (χ0v) is 9.16. The molecule has 3 nitrogen and oxygen atoms in total. The Balaban J connectivity index is 2.85. The molecule has 2 unspecified atom stereocenters. The maximum atomic E-state index is 12.1. The summed E-state index contributed by atoms with van der Waals surface area (Å²) < 4.78 is 51.8. The highest BCUT2D eigenvalue weighted by atomic mass is 31.2. The van der Waals surface area contributed by atoms with E-state index in [1.165, 1.54) is 24.3 Å². The molecule has 1 aromatic carbocycles. The van der Waals surface area contributed by atoms with Gasteiger partial charge in [0.05, 0.1) is 0 Å². The van der Waals surface area contributed by atoms with Crippen molar-refractivity contribution >= 4 is 12.9 Å². The van der Waals surface area contributed by atoms with E-state index in [9.17, 15) is 22.6 Å². The number of alkyl halides is 3. The molecule has 0 heterocycles. The smallest absolute Gasteiger partial charge is 0.414 e. The first-order valence-electron chi connectivity index (χ1n) is 4.35. The summed E-state index contributed by atoms with van der Waals surface area (Å²) in [6, 6.07) is 6.72. The Hall–Kier alpha value is -0.840. The summed E-state index contributed by atoms with van der Waals surface area (Å²) in [4.78, 5) is 11.4. The number of hydrogen-bond acceptors (Lipinski definition) is 3. The Kier molecular flexibility index (Phi) is 3.78. The van der Waals surface area contributed by atoms with Crippen LogP contribution < -0.4 is 10.2 Å². The fourth-order valence-corrected chi connectivity index (χ4v) is 2.13. The molecule has 0 spiro atoms. The summed E-state index contributed by atoms with van der Waals surface area (Å²) >= 11 is 0. The third-order valence-corrected chi connectivity index (χ3v) is 3.35. The fraction of sp³-hybridized carbons (Fsp3) is 0.333. The summed E-state index contributed by atoms with van der Waals surface area (Å²) in [7, 11) is -4.67. The van der Waals surface area contributed by atoms with E-state index in [2.05, 4.69) is 4.52 Å². The summed E-state index contributed by atoms with van der Waals surface area (Å²) in [5, 5.41) is -0.272. The molecule has 90 valence electrons. The van der Waals surface area contributed by atoms with Crippen LogP contribution in [0.5, 0.6) is 0 Å². The van der Waals surface area contributed by atoms with Crippen LogP contribution in [-0.2, 0) is 9.09 Å². The molecule has 2 atom stereocenters. The van der Waals surface area contributed by atoms with Crippen molar-refractivity contribution in [1.82, 2.24) is 0 Å². The Labute approximate surface area is 90.4 Å². The lowest BCUT2D eigenvalue weighted by Crippen LogP contribution is -2.31. The van der Waals surface area contributed by atoms with Gasteiger partial charge in [-0.2, -0.15) is 13.2 Å². The van der Waals surface area contributed by atoms with Crippen molar-refractivity contribution in [3.63, 3.8) is 0 Å². The summed E-state index contributed by atoms with van der Waals surface area (Å²) in [5.41, 5.74) is 0. The Morgan fingerprint density at radius 1 is 1.31 bits per heavy atom. The van der Waals surface area contributed by atoms with Crippen molar-refractivity contribution < 1.29 is 27.2 Å². The molecular weight excluding hydrogens is 244 g/mol. The third kappa shape index (κ3) is 3.33. The van der Waals surface area contributed by atoms with Gasteiger partial charge in [-0.15, -0.1) is 0 Å². The van der Waals surface area contributed by atoms with E-state index in [4.69, 9.17) is 0 Å². The third-order valence-electron chi connectivity index (χ3n) is 1.83. The van der Waals surface area contributed by atoms with Crippen LogP contribution in [-0.4, -0.2) is 12.3 Å². The van der Waals surface area contributed by atoms with Gasteiger partial charge in [-0.1, -0.05) is 30.3 Å². The maximum absolute atomic E-state index is 12.1. The molecule has 16 heavy (non-hydrogen) atoms. The Morgan fingerprint density at radius 3 is 2.25 bits per heavy atom. The second kappa shape index (κ2) is 4.57. The fourth-order valence-electron chi connectivity index (χ4n) is 0.939. The van der Waals surface area contributed by atoms with Gasteiger partial charge in [0, 0.05) is 5.30 Å². The maximum Gasteiger partial charge on any atom is 0.414 e. The van der Waals surface area contributed by atoms with E-state index in [0.717, 1.165) is 0 Å². The lowest BCUT2D eigenvalue weighted by Gasteiger charge is -2.28. The van der Waals surface area contributed by atoms with Gasteiger partial charge in [-0.3, -0.25) is 0 Å². The molecule has 0 bridgehead atoms. The van der Waals surface area contributed by atoms with Gasteiger partial charge >= 0.3 is 6.18 Å². The molecular formula is C9H9F3O3P-. The van der Waals surface area contributed by atoms with Crippen LogP contribution in [0.25, 0.3) is 0 Å². The van der Waals surface area contributed by atoms with Crippen molar-refractivity contribution in [2.45, 2.75) is 19.2 Å². The molecule has 1 aromatic rings. The van der Waals surface area contributed by atoms with Crippen LogP contribution >= 0.6 is 7.60 Å². The Morgan fingerprint density at radius 2 is 1.81 bits per heavy atom. The van der Waals surface area contributed by atoms with Crippen LogP contribution in [0.4, 0.5) is 13.2 Å². The molecule has 0 amide bonds. The quantitative estimate of drug-likeness (QED) is 0.772. The van der Waals surface area contributed by atoms with Crippen LogP contribution in [0.2, 0.25) is 0 Å². The predicted octanol–water partition coefficient (Wildman–Crippen LogP) is 1.83. The number of halogens is 3. The standard InChI is InChI=1S/C9H10F3O3P/c1-7(9(10,11)12)15-16(13,14)8-5-3-2-4-6-8/h2-7H,1H3,(H,13,14)/p-1. The van der Waals surface area contributed by atoms with Crippen LogP contribution in [0, 0.1) is 0 Å². The molecule has 0 aliphatic carbocycles. The van der Waals surface area contributed by atoms with E-state index in [1.807, 2.05) is 0 Å². The average Bonchev–Trinajstić information content (AvgIpc) is 2.17. The molecule has 0 N–H and O–H groups in total. The highest BCUT2D eigenvalue weighted by Gasteiger charge is 2.39. The van der Waals surface area contributed by atoms with Gasteiger partial charge < -0.3 is 14.0 Å². The SMILES string of the molecule is CC(OP(=O)([O-])c1ccccc1)C(F)(F)F. The van der Waals surface area contributed by atoms with Gasteiger partial charge in [-0.05, 0) is 6.92 Å². The molecule has 0 radical (unpaired) electrons. The second-order valence-corrected chi connectivity index (χ2v) is 4.84. The normalized spacial score (nSPS) is 17.8. The minimum atomic E-state index is -4.70. The number of rotatable bonds is 3. The number of benzene rings is 1. The van der Waals surface area contributed by atoms with Gasteiger partial charge in [0.1, 0.15) is 0 Å². The van der Waals surface area contributed by atoms with Crippen molar-refractivity contribution in [3.05, 3.63) is 30.3 Å². The molecule has 0 aliphatic heterocycles. The predicted molar refractivity (Wildman–Crippen MR) is 50.3 cm³/mol. The minimum absolute atomic E-state index is 0.272. The van der Waals surface area contributed by atoms with E-state index in [1.54, 1.807) is 6.07 Å². The van der Waals surface area contributed by atoms with Crippen LogP contribution in [0.3, 0.4) is 0 Å². The molecule has 0 saturated carbocycles. The Bertz CT molecular complexity index is 391. The zero-order chi connectivity index (χ0) is 12.4. The first kappa shape index (κ1) is 13.2. The average molecular weight is 253 g/mol. The minimum Gasteiger partial charge on any atom is -0.775 e. The monoisotopic (exact) mass is 253 g/mol. The van der Waals surface area contributed by atoms with E-state index < -0.39 is 19.9 Å². The van der Waals surface area contributed by atoms with E-state index >= 15 is 0 Å². The van der Waals surface area contributed by atoms with Gasteiger partial charge in [0.15, 0.2) is 13.7 Å². The molecule has 0 aromatic heterocycles. The van der Waals surface area contributed by atoms with Crippen LogP contribution in [0.1, 0.15) is 6.92 Å². The number of hydrogen-bond donors (Lipinski definition) is 0. The lowest BCUT2D eigenvalue weighted by atomic mass is 10.4. The van der Waals surface area contributed by atoms with E-state index in [-0.39, 0.29) is 5.30 Å². The van der Waals surface area contributed by atoms with Crippen molar-refractivity contribution in [1.29, 1.82) is 0 Å². The van der Waals surface area contributed by atoms with Gasteiger partial charge in [-0.25, -0.2) is 0 Å².